The van der Waals surface area contributed by atoms with E-state index in [1.165, 1.54) is 10.4 Å². The molecule has 2 nitrogen and oxygen atoms in total. The van der Waals surface area contributed by atoms with Crippen LogP contribution >= 0.6 is 22.9 Å². The first-order chi connectivity index (χ1) is 7.74. The first-order valence-electron chi connectivity index (χ1n) is 5.13. The molecule has 0 bridgehead atoms. The van der Waals surface area contributed by atoms with E-state index in [0.29, 0.717) is 0 Å². The molecular formula is C12H13ClN2S. The van der Waals surface area contributed by atoms with E-state index in [1.54, 1.807) is 17.5 Å². The fourth-order valence-electron chi connectivity index (χ4n) is 1.61. The number of halogens is 1. The van der Waals surface area contributed by atoms with E-state index in [9.17, 15) is 0 Å². The molecule has 0 fully saturated rings. The van der Waals surface area contributed by atoms with Gasteiger partial charge >= 0.3 is 0 Å². The highest BCUT2D eigenvalue weighted by atomic mass is 35.5. The molecule has 0 aliphatic rings. The molecule has 0 amide bonds. The van der Waals surface area contributed by atoms with Crippen molar-refractivity contribution in [3.63, 3.8) is 0 Å². The minimum absolute atomic E-state index is 0.124. The Hall–Kier alpha value is -0.900. The Morgan fingerprint density at radius 3 is 2.81 bits per heavy atom. The highest BCUT2D eigenvalue weighted by Crippen LogP contribution is 2.22. The fraction of sp³-hybridized carbons (Fsp3) is 0.250. The van der Waals surface area contributed by atoms with Gasteiger partial charge in [0.15, 0.2) is 0 Å². The third-order valence-corrected chi connectivity index (χ3v) is 3.57. The zero-order valence-electron chi connectivity index (χ0n) is 8.77. The molecule has 2 rings (SSSR count). The highest BCUT2D eigenvalue weighted by molar-refractivity contribution is 7.16. The monoisotopic (exact) mass is 252 g/mol. The van der Waals surface area contributed by atoms with Crippen molar-refractivity contribution in [2.45, 2.75) is 18.9 Å². The molecule has 0 aliphatic heterocycles. The number of nitrogens with zero attached hydrogens (tertiary/aromatic N) is 1. The van der Waals surface area contributed by atoms with Gasteiger partial charge in [-0.05, 0) is 36.6 Å². The largest absolute Gasteiger partial charge is 0.327 e. The van der Waals surface area contributed by atoms with Crippen LogP contribution in [-0.4, -0.2) is 11.0 Å². The molecule has 0 aliphatic carbocycles. The summed E-state index contributed by atoms with van der Waals surface area (Å²) in [5.74, 6) is 0. The van der Waals surface area contributed by atoms with Gasteiger partial charge in [-0.1, -0.05) is 17.7 Å². The molecule has 0 saturated carbocycles. The van der Waals surface area contributed by atoms with Gasteiger partial charge in [0.2, 0.25) is 0 Å². The Labute approximate surface area is 104 Å². The lowest BCUT2D eigenvalue weighted by atomic mass is 10.1. The molecule has 1 atom stereocenters. The molecule has 0 radical (unpaired) electrons. The van der Waals surface area contributed by atoms with Gasteiger partial charge in [-0.15, -0.1) is 11.3 Å². The van der Waals surface area contributed by atoms with Crippen LogP contribution < -0.4 is 5.73 Å². The maximum Gasteiger partial charge on any atom is 0.0931 e. The van der Waals surface area contributed by atoms with Crippen LogP contribution in [0.15, 0.2) is 36.7 Å². The molecule has 84 valence electrons. The summed E-state index contributed by atoms with van der Waals surface area (Å²) < 4.78 is 0.823. The SMILES string of the molecule is NC(Cc1cccnc1)Cc1ccc(Cl)s1. The first kappa shape index (κ1) is 11.6. The zero-order valence-corrected chi connectivity index (χ0v) is 10.3. The highest BCUT2D eigenvalue weighted by Gasteiger charge is 2.07. The van der Waals surface area contributed by atoms with Gasteiger partial charge in [0, 0.05) is 23.3 Å². The number of nitrogens with two attached hydrogens (primary N) is 1. The molecule has 0 aromatic carbocycles. The first-order valence-corrected chi connectivity index (χ1v) is 6.32. The second kappa shape index (κ2) is 5.43. The normalized spacial score (nSPS) is 12.6. The Bertz CT molecular complexity index is 441. The van der Waals surface area contributed by atoms with E-state index in [4.69, 9.17) is 17.3 Å². The van der Waals surface area contributed by atoms with Crippen molar-refractivity contribution >= 4 is 22.9 Å². The molecule has 0 spiro atoms. The number of rotatable bonds is 4. The molecule has 4 heteroatoms. The van der Waals surface area contributed by atoms with Crippen molar-refractivity contribution in [3.05, 3.63) is 51.4 Å². The third kappa shape index (κ3) is 3.30. The van der Waals surface area contributed by atoms with E-state index >= 15 is 0 Å². The Morgan fingerprint density at radius 1 is 1.31 bits per heavy atom. The number of hydrogen-bond acceptors (Lipinski definition) is 3. The van der Waals surface area contributed by atoms with Crippen molar-refractivity contribution in [1.29, 1.82) is 0 Å². The molecule has 2 aromatic rings. The standard InChI is InChI=1S/C12H13ClN2S/c13-12-4-3-11(16-12)7-10(14)6-9-2-1-5-15-8-9/h1-5,8,10H,6-7,14H2. The van der Waals surface area contributed by atoms with Gasteiger partial charge in [-0.2, -0.15) is 0 Å². The van der Waals surface area contributed by atoms with Crippen LogP contribution in [0, 0.1) is 0 Å². The van der Waals surface area contributed by atoms with Gasteiger partial charge in [0.05, 0.1) is 4.34 Å². The van der Waals surface area contributed by atoms with E-state index in [1.807, 2.05) is 30.5 Å². The van der Waals surface area contributed by atoms with Crippen molar-refractivity contribution < 1.29 is 0 Å². The maximum atomic E-state index is 6.08. The van der Waals surface area contributed by atoms with Crippen molar-refractivity contribution in [3.8, 4) is 0 Å². The summed E-state index contributed by atoms with van der Waals surface area (Å²) in [6, 6.07) is 8.06. The average molecular weight is 253 g/mol. The van der Waals surface area contributed by atoms with E-state index in [2.05, 4.69) is 4.98 Å². The Balaban J connectivity index is 1.92. The Kier molecular flexibility index (Phi) is 3.93. The minimum Gasteiger partial charge on any atom is -0.327 e. The summed E-state index contributed by atoms with van der Waals surface area (Å²) >= 11 is 7.47. The Morgan fingerprint density at radius 2 is 2.19 bits per heavy atom. The summed E-state index contributed by atoms with van der Waals surface area (Å²) in [7, 11) is 0. The molecule has 0 saturated heterocycles. The smallest absolute Gasteiger partial charge is 0.0931 e. The lowest BCUT2D eigenvalue weighted by Crippen LogP contribution is -2.25. The van der Waals surface area contributed by atoms with Gasteiger partial charge in [-0.25, -0.2) is 0 Å². The van der Waals surface area contributed by atoms with Crippen LogP contribution in [-0.2, 0) is 12.8 Å². The lowest BCUT2D eigenvalue weighted by molar-refractivity contribution is 0.669. The second-order valence-electron chi connectivity index (χ2n) is 3.74. The second-order valence-corrected chi connectivity index (χ2v) is 5.54. The summed E-state index contributed by atoms with van der Waals surface area (Å²) in [5, 5.41) is 0. The quantitative estimate of drug-likeness (QED) is 0.909. The third-order valence-electron chi connectivity index (χ3n) is 2.31. The summed E-state index contributed by atoms with van der Waals surface area (Å²) in [4.78, 5) is 5.31. The fourth-order valence-corrected chi connectivity index (χ4v) is 2.79. The predicted molar refractivity (Wildman–Crippen MR) is 68.9 cm³/mol. The van der Waals surface area contributed by atoms with Crippen molar-refractivity contribution in [1.82, 2.24) is 4.98 Å². The van der Waals surface area contributed by atoms with Crippen molar-refractivity contribution in [2.24, 2.45) is 5.73 Å². The zero-order chi connectivity index (χ0) is 11.4. The van der Waals surface area contributed by atoms with Gasteiger partial charge < -0.3 is 5.73 Å². The number of aromatic nitrogens is 1. The van der Waals surface area contributed by atoms with E-state index in [-0.39, 0.29) is 6.04 Å². The van der Waals surface area contributed by atoms with Crippen LogP contribution in [0.4, 0.5) is 0 Å². The number of thiophene rings is 1. The number of hydrogen-bond donors (Lipinski definition) is 1. The number of pyridine rings is 1. The van der Waals surface area contributed by atoms with Gasteiger partial charge in [0.25, 0.3) is 0 Å². The maximum absolute atomic E-state index is 6.08. The van der Waals surface area contributed by atoms with E-state index < -0.39 is 0 Å². The van der Waals surface area contributed by atoms with Gasteiger partial charge in [0.1, 0.15) is 0 Å². The molecular weight excluding hydrogens is 240 g/mol. The van der Waals surface area contributed by atoms with E-state index in [0.717, 1.165) is 17.2 Å². The summed E-state index contributed by atoms with van der Waals surface area (Å²) in [6.07, 6.45) is 5.35. The molecule has 16 heavy (non-hydrogen) atoms. The minimum atomic E-state index is 0.124. The lowest BCUT2D eigenvalue weighted by Gasteiger charge is -2.09. The molecule has 2 N–H and O–H groups in total. The molecule has 2 aromatic heterocycles. The van der Waals surface area contributed by atoms with Crippen LogP contribution in [0.1, 0.15) is 10.4 Å². The van der Waals surface area contributed by atoms with Gasteiger partial charge in [-0.3, -0.25) is 4.98 Å². The van der Waals surface area contributed by atoms with Crippen molar-refractivity contribution in [2.75, 3.05) is 0 Å². The average Bonchev–Trinajstić information content (AvgIpc) is 2.65. The van der Waals surface area contributed by atoms with Crippen LogP contribution in [0.25, 0.3) is 0 Å². The topological polar surface area (TPSA) is 38.9 Å². The predicted octanol–water partition coefficient (Wildman–Crippen LogP) is 2.91. The molecule has 1 unspecified atom stereocenters. The summed E-state index contributed by atoms with van der Waals surface area (Å²) in [5.41, 5.74) is 7.26. The molecule has 2 heterocycles. The van der Waals surface area contributed by atoms with Crippen LogP contribution in [0.2, 0.25) is 4.34 Å². The van der Waals surface area contributed by atoms with Crippen LogP contribution in [0.5, 0.6) is 0 Å². The summed E-state index contributed by atoms with van der Waals surface area (Å²) in [6.45, 7) is 0. The van der Waals surface area contributed by atoms with Crippen LogP contribution in [0.3, 0.4) is 0 Å².